The van der Waals surface area contributed by atoms with E-state index in [2.05, 4.69) is 31.1 Å². The van der Waals surface area contributed by atoms with Gasteiger partial charge in [0.05, 0.1) is 24.9 Å². The fourth-order valence-electron chi connectivity index (χ4n) is 1.91. The first-order valence-electron chi connectivity index (χ1n) is 6.91. The summed E-state index contributed by atoms with van der Waals surface area (Å²) in [6, 6.07) is 0.169. The van der Waals surface area contributed by atoms with Crippen molar-refractivity contribution in [2.75, 3.05) is 13.2 Å². The number of nitrogens with zero attached hydrogens (tertiary/aromatic N) is 1. The molecule has 0 saturated heterocycles. The van der Waals surface area contributed by atoms with Gasteiger partial charge in [-0.05, 0) is 26.2 Å². The van der Waals surface area contributed by atoms with Gasteiger partial charge in [0.25, 0.3) is 0 Å². The SMILES string of the molecule is CC(C)CC(C)OCC(O)CNC(C)c1nccs1. The number of aliphatic hydroxyl groups is 1. The lowest BCUT2D eigenvalue weighted by Gasteiger charge is -2.19. The highest BCUT2D eigenvalue weighted by Gasteiger charge is 2.12. The van der Waals surface area contributed by atoms with Gasteiger partial charge in [0.15, 0.2) is 0 Å². The van der Waals surface area contributed by atoms with Crippen molar-refractivity contribution in [2.45, 2.75) is 52.4 Å². The molecule has 0 amide bonds. The summed E-state index contributed by atoms with van der Waals surface area (Å²) in [5.74, 6) is 0.621. The predicted octanol–water partition coefficient (Wildman–Crippen LogP) is 2.61. The molecule has 0 aromatic carbocycles. The van der Waals surface area contributed by atoms with Gasteiger partial charge in [-0.3, -0.25) is 0 Å². The lowest BCUT2D eigenvalue weighted by atomic mass is 10.1. The number of aromatic nitrogens is 1. The summed E-state index contributed by atoms with van der Waals surface area (Å²) in [6.45, 7) is 9.36. The van der Waals surface area contributed by atoms with Crippen molar-refractivity contribution >= 4 is 11.3 Å². The minimum absolute atomic E-state index is 0.169. The molecular formula is C14H26N2O2S. The summed E-state index contributed by atoms with van der Waals surface area (Å²) in [5.41, 5.74) is 0. The van der Waals surface area contributed by atoms with Gasteiger partial charge >= 0.3 is 0 Å². The van der Waals surface area contributed by atoms with E-state index in [1.165, 1.54) is 0 Å². The maximum atomic E-state index is 9.87. The second-order valence-corrected chi connectivity index (χ2v) is 6.35. The number of aliphatic hydroxyl groups excluding tert-OH is 1. The molecule has 0 radical (unpaired) electrons. The second-order valence-electron chi connectivity index (χ2n) is 5.43. The van der Waals surface area contributed by atoms with E-state index >= 15 is 0 Å². The van der Waals surface area contributed by atoms with Gasteiger partial charge in [0.1, 0.15) is 5.01 Å². The molecule has 5 heteroatoms. The molecule has 0 bridgehead atoms. The van der Waals surface area contributed by atoms with E-state index in [0.29, 0.717) is 19.1 Å². The van der Waals surface area contributed by atoms with Crippen LogP contribution in [0.2, 0.25) is 0 Å². The normalized spacial score (nSPS) is 16.5. The summed E-state index contributed by atoms with van der Waals surface area (Å²) < 4.78 is 5.63. The minimum atomic E-state index is -0.475. The Morgan fingerprint density at radius 3 is 2.68 bits per heavy atom. The highest BCUT2D eigenvalue weighted by atomic mass is 32.1. The zero-order chi connectivity index (χ0) is 14.3. The Morgan fingerprint density at radius 1 is 1.37 bits per heavy atom. The Kier molecular flexibility index (Phi) is 7.53. The van der Waals surface area contributed by atoms with Crippen LogP contribution in [0.1, 0.15) is 45.2 Å². The van der Waals surface area contributed by atoms with Crippen LogP contribution in [0.3, 0.4) is 0 Å². The predicted molar refractivity (Wildman–Crippen MR) is 79.4 cm³/mol. The molecular weight excluding hydrogens is 260 g/mol. The summed E-state index contributed by atoms with van der Waals surface area (Å²) in [5, 5.41) is 16.1. The number of nitrogens with one attached hydrogen (secondary N) is 1. The van der Waals surface area contributed by atoms with Crippen LogP contribution in [0.4, 0.5) is 0 Å². The van der Waals surface area contributed by atoms with Gasteiger partial charge < -0.3 is 15.2 Å². The van der Waals surface area contributed by atoms with Gasteiger partial charge in [-0.15, -0.1) is 11.3 Å². The Labute approximate surface area is 120 Å². The third kappa shape index (κ3) is 7.01. The van der Waals surface area contributed by atoms with Crippen LogP contribution in [0, 0.1) is 5.92 Å². The van der Waals surface area contributed by atoms with Crippen LogP contribution in [0.5, 0.6) is 0 Å². The average molecular weight is 286 g/mol. The van der Waals surface area contributed by atoms with Crippen molar-refractivity contribution in [3.8, 4) is 0 Å². The Morgan fingerprint density at radius 2 is 2.11 bits per heavy atom. The average Bonchev–Trinajstić information content (AvgIpc) is 2.86. The minimum Gasteiger partial charge on any atom is -0.389 e. The fourth-order valence-corrected chi connectivity index (χ4v) is 2.58. The van der Waals surface area contributed by atoms with Crippen molar-refractivity contribution in [2.24, 2.45) is 5.92 Å². The van der Waals surface area contributed by atoms with Crippen LogP contribution in [0.25, 0.3) is 0 Å². The third-order valence-corrected chi connectivity index (χ3v) is 3.82. The Bertz CT molecular complexity index is 330. The molecule has 1 aromatic rings. The maximum absolute atomic E-state index is 9.87. The number of thiazole rings is 1. The van der Waals surface area contributed by atoms with Crippen LogP contribution in [0.15, 0.2) is 11.6 Å². The number of ether oxygens (including phenoxy) is 1. The summed E-state index contributed by atoms with van der Waals surface area (Å²) in [6.07, 6.45) is 2.55. The zero-order valence-electron chi connectivity index (χ0n) is 12.3. The first-order chi connectivity index (χ1) is 8.99. The van der Waals surface area contributed by atoms with Gasteiger partial charge in [-0.2, -0.15) is 0 Å². The quantitative estimate of drug-likeness (QED) is 0.732. The molecule has 2 N–H and O–H groups in total. The van der Waals surface area contributed by atoms with Crippen LogP contribution < -0.4 is 5.32 Å². The van der Waals surface area contributed by atoms with Crippen LogP contribution in [-0.4, -0.2) is 35.5 Å². The molecule has 4 nitrogen and oxygen atoms in total. The van der Waals surface area contributed by atoms with E-state index in [-0.39, 0.29) is 12.1 Å². The van der Waals surface area contributed by atoms with E-state index in [9.17, 15) is 5.11 Å². The van der Waals surface area contributed by atoms with Gasteiger partial charge in [0, 0.05) is 18.1 Å². The smallest absolute Gasteiger partial charge is 0.109 e. The highest BCUT2D eigenvalue weighted by Crippen LogP contribution is 2.14. The van der Waals surface area contributed by atoms with Crippen molar-refractivity contribution in [3.05, 3.63) is 16.6 Å². The number of rotatable bonds is 9. The Hall–Kier alpha value is -0.490. The van der Waals surface area contributed by atoms with Crippen LogP contribution in [-0.2, 0) is 4.74 Å². The molecule has 110 valence electrons. The first-order valence-corrected chi connectivity index (χ1v) is 7.79. The van der Waals surface area contributed by atoms with Crippen molar-refractivity contribution in [3.63, 3.8) is 0 Å². The van der Waals surface area contributed by atoms with E-state index in [0.717, 1.165) is 11.4 Å². The first kappa shape index (κ1) is 16.6. The largest absolute Gasteiger partial charge is 0.389 e. The molecule has 3 unspecified atom stereocenters. The second kappa shape index (κ2) is 8.64. The van der Waals surface area contributed by atoms with Gasteiger partial charge in [-0.1, -0.05) is 13.8 Å². The molecule has 19 heavy (non-hydrogen) atoms. The Balaban J connectivity index is 2.15. The molecule has 1 aromatic heterocycles. The van der Waals surface area contributed by atoms with E-state index < -0.39 is 6.10 Å². The van der Waals surface area contributed by atoms with E-state index in [1.807, 2.05) is 12.3 Å². The lowest BCUT2D eigenvalue weighted by Crippen LogP contribution is -2.33. The lowest BCUT2D eigenvalue weighted by molar-refractivity contribution is -0.00914. The molecule has 1 rings (SSSR count). The monoisotopic (exact) mass is 286 g/mol. The molecule has 0 aliphatic carbocycles. The summed E-state index contributed by atoms with van der Waals surface area (Å²) >= 11 is 1.62. The van der Waals surface area contributed by atoms with Crippen LogP contribution >= 0.6 is 11.3 Å². The molecule has 3 atom stereocenters. The van der Waals surface area contributed by atoms with E-state index in [4.69, 9.17) is 4.74 Å². The number of hydrogen-bond donors (Lipinski definition) is 2. The van der Waals surface area contributed by atoms with Crippen molar-refractivity contribution < 1.29 is 9.84 Å². The molecule has 0 fully saturated rings. The molecule has 0 aliphatic heterocycles. The van der Waals surface area contributed by atoms with Gasteiger partial charge in [0.2, 0.25) is 0 Å². The zero-order valence-corrected chi connectivity index (χ0v) is 13.1. The third-order valence-electron chi connectivity index (χ3n) is 2.86. The molecule has 0 saturated carbocycles. The van der Waals surface area contributed by atoms with E-state index in [1.54, 1.807) is 17.5 Å². The van der Waals surface area contributed by atoms with Crippen molar-refractivity contribution in [1.29, 1.82) is 0 Å². The summed E-state index contributed by atoms with van der Waals surface area (Å²) in [7, 11) is 0. The highest BCUT2D eigenvalue weighted by molar-refractivity contribution is 7.09. The summed E-state index contributed by atoms with van der Waals surface area (Å²) in [4.78, 5) is 4.24. The standard InChI is InChI=1S/C14H26N2O2S/c1-10(2)7-11(3)18-9-13(17)8-16-12(4)14-15-5-6-19-14/h5-6,10-13,16-17H,7-9H2,1-4H3. The molecule has 1 heterocycles. The number of hydrogen-bond acceptors (Lipinski definition) is 5. The fraction of sp³-hybridized carbons (Fsp3) is 0.786. The van der Waals surface area contributed by atoms with Gasteiger partial charge in [-0.25, -0.2) is 4.98 Å². The van der Waals surface area contributed by atoms with Crippen molar-refractivity contribution in [1.82, 2.24) is 10.3 Å². The topological polar surface area (TPSA) is 54.4 Å². The molecule has 0 spiro atoms. The maximum Gasteiger partial charge on any atom is 0.109 e. The molecule has 0 aliphatic rings.